The van der Waals surface area contributed by atoms with E-state index in [1.165, 1.54) is 16.4 Å². The molecular formula is C17H24N2O6S. The van der Waals surface area contributed by atoms with Crippen molar-refractivity contribution in [2.24, 2.45) is 0 Å². The minimum atomic E-state index is -3.72. The van der Waals surface area contributed by atoms with Crippen LogP contribution in [-0.4, -0.2) is 61.5 Å². The molecule has 1 aliphatic heterocycles. The number of aryl methyl sites for hydroxylation is 1. The van der Waals surface area contributed by atoms with Crippen LogP contribution in [0.4, 0.5) is 0 Å². The van der Waals surface area contributed by atoms with Crippen molar-refractivity contribution in [1.29, 1.82) is 0 Å². The Morgan fingerprint density at radius 1 is 1.31 bits per heavy atom. The Bertz CT molecular complexity index is 795. The number of carboxylic acids is 1. The molecule has 2 rings (SSSR count). The van der Waals surface area contributed by atoms with Gasteiger partial charge in [0.25, 0.3) is 5.91 Å². The van der Waals surface area contributed by atoms with Gasteiger partial charge in [0.05, 0.1) is 11.5 Å². The summed E-state index contributed by atoms with van der Waals surface area (Å²) in [5.41, 5.74) is -0.803. The van der Waals surface area contributed by atoms with Crippen LogP contribution in [0.5, 0.6) is 0 Å². The SMILES string of the molecule is CCN(CC)S(=O)(=O)c1ccc(C)c(C(=O)NC2(C(=O)O)CCOC2)c1. The standard InChI is InChI=1S/C17H24N2O6S/c1-4-19(5-2)26(23,24)13-7-6-12(3)14(10-13)15(20)18-17(16(21)22)8-9-25-11-17/h6-7,10H,4-5,8-9,11H2,1-3H3,(H,18,20)(H,21,22). The summed E-state index contributed by atoms with van der Waals surface area (Å²) in [6.07, 6.45) is 0.157. The number of amides is 1. The summed E-state index contributed by atoms with van der Waals surface area (Å²) in [5, 5.41) is 12.0. The van der Waals surface area contributed by atoms with Gasteiger partial charge in [-0.1, -0.05) is 19.9 Å². The first-order valence-electron chi connectivity index (χ1n) is 8.42. The Morgan fingerprint density at radius 3 is 2.46 bits per heavy atom. The second-order valence-corrected chi connectivity index (χ2v) is 8.15. The van der Waals surface area contributed by atoms with Crippen molar-refractivity contribution >= 4 is 21.9 Å². The second-order valence-electron chi connectivity index (χ2n) is 6.21. The lowest BCUT2D eigenvalue weighted by Gasteiger charge is -2.24. The van der Waals surface area contributed by atoms with Crippen molar-refractivity contribution in [1.82, 2.24) is 9.62 Å². The van der Waals surface area contributed by atoms with Crippen LogP contribution in [0, 0.1) is 6.92 Å². The topological polar surface area (TPSA) is 113 Å². The van der Waals surface area contributed by atoms with E-state index in [0.29, 0.717) is 18.7 Å². The van der Waals surface area contributed by atoms with Crippen molar-refractivity contribution in [3.05, 3.63) is 29.3 Å². The molecule has 1 aliphatic rings. The molecule has 0 spiro atoms. The monoisotopic (exact) mass is 384 g/mol. The first kappa shape index (κ1) is 20.3. The Morgan fingerprint density at radius 2 is 1.96 bits per heavy atom. The molecule has 1 atom stereocenters. The Kier molecular flexibility index (Phi) is 6.05. The molecule has 1 saturated heterocycles. The first-order chi connectivity index (χ1) is 12.2. The molecule has 0 bridgehead atoms. The number of aliphatic carboxylic acids is 1. The molecular weight excluding hydrogens is 360 g/mol. The van der Waals surface area contributed by atoms with Crippen LogP contribution in [0.15, 0.2) is 23.1 Å². The highest BCUT2D eigenvalue weighted by molar-refractivity contribution is 7.89. The van der Waals surface area contributed by atoms with E-state index in [1.54, 1.807) is 26.8 Å². The third-order valence-corrected chi connectivity index (χ3v) is 6.63. The van der Waals surface area contributed by atoms with E-state index in [2.05, 4.69) is 5.32 Å². The van der Waals surface area contributed by atoms with Gasteiger partial charge < -0.3 is 15.2 Å². The molecule has 1 unspecified atom stereocenters. The second kappa shape index (κ2) is 7.73. The van der Waals surface area contributed by atoms with Crippen molar-refractivity contribution in [2.45, 2.75) is 37.6 Å². The molecule has 1 aromatic rings. The molecule has 1 aromatic carbocycles. The molecule has 1 fully saturated rings. The van der Waals surface area contributed by atoms with Crippen LogP contribution in [0.25, 0.3) is 0 Å². The lowest BCUT2D eigenvalue weighted by atomic mass is 9.97. The fraction of sp³-hybridized carbons (Fsp3) is 0.529. The molecule has 26 heavy (non-hydrogen) atoms. The number of nitrogens with one attached hydrogen (secondary N) is 1. The number of carboxylic acid groups (broad SMARTS) is 1. The number of sulfonamides is 1. The Balaban J connectivity index is 2.38. The average molecular weight is 384 g/mol. The van der Waals surface area contributed by atoms with Crippen LogP contribution in [0.3, 0.4) is 0 Å². The van der Waals surface area contributed by atoms with Crippen molar-refractivity contribution in [2.75, 3.05) is 26.3 Å². The molecule has 0 aromatic heterocycles. The van der Waals surface area contributed by atoms with E-state index in [9.17, 15) is 23.1 Å². The maximum atomic E-state index is 12.7. The summed E-state index contributed by atoms with van der Waals surface area (Å²) < 4.78 is 31.8. The fourth-order valence-electron chi connectivity index (χ4n) is 2.89. The molecule has 8 nitrogen and oxygen atoms in total. The molecule has 1 amide bonds. The van der Waals surface area contributed by atoms with Crippen LogP contribution < -0.4 is 5.32 Å². The van der Waals surface area contributed by atoms with E-state index >= 15 is 0 Å². The van der Waals surface area contributed by atoms with E-state index in [0.717, 1.165) is 0 Å². The molecule has 0 aliphatic carbocycles. The average Bonchev–Trinajstić information content (AvgIpc) is 3.05. The maximum Gasteiger partial charge on any atom is 0.331 e. The van der Waals surface area contributed by atoms with Crippen LogP contribution >= 0.6 is 0 Å². The number of ether oxygens (including phenoxy) is 1. The number of carbonyl (C=O) groups excluding carboxylic acids is 1. The largest absolute Gasteiger partial charge is 0.479 e. The third-order valence-electron chi connectivity index (χ3n) is 4.58. The summed E-state index contributed by atoms with van der Waals surface area (Å²) in [5.74, 6) is -1.81. The predicted molar refractivity (Wildman–Crippen MR) is 94.6 cm³/mol. The normalized spacial score (nSPS) is 20.3. The van der Waals surface area contributed by atoms with Gasteiger partial charge in [0.2, 0.25) is 10.0 Å². The lowest BCUT2D eigenvalue weighted by Crippen LogP contribution is -2.55. The highest BCUT2D eigenvalue weighted by Crippen LogP contribution is 2.23. The summed E-state index contributed by atoms with van der Waals surface area (Å²) in [6, 6.07) is 4.29. The first-order valence-corrected chi connectivity index (χ1v) is 9.86. The summed E-state index contributed by atoms with van der Waals surface area (Å²) in [6.45, 7) is 5.88. The predicted octanol–water partition coefficient (Wildman–Crippen LogP) is 0.999. The molecule has 0 radical (unpaired) electrons. The van der Waals surface area contributed by atoms with Gasteiger partial charge in [-0.25, -0.2) is 13.2 Å². The molecule has 2 N–H and O–H groups in total. The summed E-state index contributed by atoms with van der Waals surface area (Å²) >= 11 is 0. The molecule has 0 saturated carbocycles. The van der Waals surface area contributed by atoms with Crippen molar-refractivity contribution in [3.8, 4) is 0 Å². The number of rotatable bonds is 7. The minimum Gasteiger partial charge on any atom is -0.479 e. The quantitative estimate of drug-likeness (QED) is 0.725. The van der Waals surface area contributed by atoms with Crippen LogP contribution in [-0.2, 0) is 19.6 Å². The summed E-state index contributed by atoms with van der Waals surface area (Å²) in [7, 11) is -3.72. The van der Waals surface area contributed by atoms with Gasteiger partial charge in [0.15, 0.2) is 5.54 Å². The number of carbonyl (C=O) groups is 2. The highest BCUT2D eigenvalue weighted by Gasteiger charge is 2.44. The maximum absolute atomic E-state index is 12.7. The lowest BCUT2D eigenvalue weighted by molar-refractivity contribution is -0.144. The van der Waals surface area contributed by atoms with E-state index in [4.69, 9.17) is 4.74 Å². The number of benzene rings is 1. The van der Waals surface area contributed by atoms with Gasteiger partial charge in [-0.2, -0.15) is 4.31 Å². The van der Waals surface area contributed by atoms with Crippen molar-refractivity contribution in [3.63, 3.8) is 0 Å². The van der Waals surface area contributed by atoms with Gasteiger partial charge in [0.1, 0.15) is 0 Å². The highest BCUT2D eigenvalue weighted by atomic mass is 32.2. The Labute approximate surface area is 153 Å². The van der Waals surface area contributed by atoms with Gasteiger partial charge in [-0.15, -0.1) is 0 Å². The Hall–Kier alpha value is -1.97. The van der Waals surface area contributed by atoms with E-state index in [1.807, 2.05) is 0 Å². The number of hydrogen-bond donors (Lipinski definition) is 2. The molecule has 1 heterocycles. The van der Waals surface area contributed by atoms with Gasteiger partial charge in [0, 0.05) is 31.7 Å². The number of nitrogens with zero attached hydrogens (tertiary/aromatic N) is 1. The smallest absolute Gasteiger partial charge is 0.331 e. The molecule has 9 heteroatoms. The zero-order valence-corrected chi connectivity index (χ0v) is 15.9. The van der Waals surface area contributed by atoms with Crippen LogP contribution in [0.2, 0.25) is 0 Å². The van der Waals surface area contributed by atoms with Gasteiger partial charge in [-0.3, -0.25) is 4.79 Å². The van der Waals surface area contributed by atoms with Gasteiger partial charge in [-0.05, 0) is 24.6 Å². The van der Waals surface area contributed by atoms with Gasteiger partial charge >= 0.3 is 5.97 Å². The molecule has 144 valence electrons. The third kappa shape index (κ3) is 3.74. The zero-order valence-electron chi connectivity index (χ0n) is 15.1. The van der Waals surface area contributed by atoms with E-state index in [-0.39, 0.29) is 30.1 Å². The number of hydrogen-bond acceptors (Lipinski definition) is 5. The minimum absolute atomic E-state index is 0.00370. The fourth-order valence-corrected chi connectivity index (χ4v) is 4.37. The van der Waals surface area contributed by atoms with Crippen LogP contribution in [0.1, 0.15) is 36.2 Å². The van der Waals surface area contributed by atoms with E-state index < -0.39 is 27.4 Å². The van der Waals surface area contributed by atoms with Crippen molar-refractivity contribution < 1.29 is 27.9 Å². The zero-order chi connectivity index (χ0) is 19.5. The summed E-state index contributed by atoms with van der Waals surface area (Å²) in [4.78, 5) is 24.3.